The second-order valence-corrected chi connectivity index (χ2v) is 10.1. The highest BCUT2D eigenvalue weighted by atomic mass is 35.5. The highest BCUT2D eigenvalue weighted by molar-refractivity contribution is 7.99. The van der Waals surface area contributed by atoms with Gasteiger partial charge in [0.15, 0.2) is 5.13 Å². The minimum absolute atomic E-state index is 0.0818. The SMILES string of the molecule is Cc1ccc(SCCCC(=O)N(CC2CCCO2)c2nc3c(Cl)cccc3s2)cc1. The van der Waals surface area contributed by atoms with Crippen LogP contribution in [0, 0.1) is 6.92 Å². The number of aryl methyl sites for hydroxylation is 1. The van der Waals surface area contributed by atoms with Crippen molar-refractivity contribution in [2.45, 2.75) is 43.6 Å². The molecule has 1 aromatic heterocycles. The van der Waals surface area contributed by atoms with Crippen molar-refractivity contribution in [3.63, 3.8) is 0 Å². The molecule has 7 heteroatoms. The molecule has 0 bridgehead atoms. The van der Waals surface area contributed by atoms with Gasteiger partial charge in [0, 0.05) is 17.9 Å². The molecule has 0 saturated carbocycles. The number of amides is 1. The van der Waals surface area contributed by atoms with Crippen LogP contribution in [0.25, 0.3) is 10.2 Å². The van der Waals surface area contributed by atoms with Crippen LogP contribution in [0.1, 0.15) is 31.2 Å². The summed E-state index contributed by atoms with van der Waals surface area (Å²) in [6.07, 6.45) is 3.43. The Labute approximate surface area is 190 Å². The molecule has 0 N–H and O–H groups in total. The molecule has 2 aromatic carbocycles. The summed E-state index contributed by atoms with van der Waals surface area (Å²) in [6, 6.07) is 14.3. The molecule has 0 radical (unpaired) electrons. The Morgan fingerprint density at radius 2 is 2.13 bits per heavy atom. The van der Waals surface area contributed by atoms with Crippen molar-refractivity contribution >= 4 is 56.0 Å². The molecule has 1 unspecified atom stereocenters. The lowest BCUT2D eigenvalue weighted by atomic mass is 10.2. The van der Waals surface area contributed by atoms with Crippen molar-refractivity contribution in [1.29, 1.82) is 0 Å². The number of halogens is 1. The molecule has 0 aliphatic carbocycles. The molecule has 1 atom stereocenters. The standard InChI is InChI=1S/C23H25ClN2O2S2/c1-16-9-11-18(12-10-16)29-14-4-8-21(27)26(15-17-5-3-13-28-17)23-25-22-19(24)6-2-7-20(22)30-23/h2,6-7,9-12,17H,3-5,8,13-15H2,1H3. The summed E-state index contributed by atoms with van der Waals surface area (Å²) in [4.78, 5) is 20.9. The van der Waals surface area contributed by atoms with Gasteiger partial charge in [-0.05, 0) is 56.2 Å². The van der Waals surface area contributed by atoms with Gasteiger partial charge in [-0.1, -0.05) is 46.7 Å². The van der Waals surface area contributed by atoms with Crippen molar-refractivity contribution in [2.75, 3.05) is 23.8 Å². The number of thioether (sulfide) groups is 1. The molecule has 30 heavy (non-hydrogen) atoms. The lowest BCUT2D eigenvalue weighted by Crippen LogP contribution is -2.37. The van der Waals surface area contributed by atoms with Gasteiger partial charge in [0.1, 0.15) is 5.52 Å². The first-order chi connectivity index (χ1) is 14.6. The number of rotatable bonds is 8. The van der Waals surface area contributed by atoms with E-state index in [1.54, 1.807) is 11.8 Å². The lowest BCUT2D eigenvalue weighted by molar-refractivity contribution is -0.119. The van der Waals surface area contributed by atoms with E-state index in [2.05, 4.69) is 31.2 Å². The fourth-order valence-electron chi connectivity index (χ4n) is 3.48. The lowest BCUT2D eigenvalue weighted by Gasteiger charge is -2.23. The molecule has 4 rings (SSSR count). The predicted molar refractivity (Wildman–Crippen MR) is 127 cm³/mol. The number of thiazole rings is 1. The molecular weight excluding hydrogens is 436 g/mol. The van der Waals surface area contributed by atoms with Crippen LogP contribution in [0.3, 0.4) is 0 Å². The molecule has 1 saturated heterocycles. The van der Waals surface area contributed by atoms with Crippen molar-refractivity contribution < 1.29 is 9.53 Å². The van der Waals surface area contributed by atoms with E-state index in [1.807, 2.05) is 23.1 Å². The Bertz CT molecular complexity index is 1000. The maximum Gasteiger partial charge on any atom is 0.228 e. The smallest absolute Gasteiger partial charge is 0.228 e. The van der Waals surface area contributed by atoms with E-state index in [9.17, 15) is 4.79 Å². The molecule has 3 aromatic rings. The van der Waals surface area contributed by atoms with Crippen LogP contribution in [0.15, 0.2) is 47.4 Å². The number of nitrogens with zero attached hydrogens (tertiary/aromatic N) is 2. The van der Waals surface area contributed by atoms with Crippen molar-refractivity contribution in [3.05, 3.63) is 53.1 Å². The number of aromatic nitrogens is 1. The van der Waals surface area contributed by atoms with E-state index in [0.29, 0.717) is 23.1 Å². The first-order valence-electron chi connectivity index (χ1n) is 10.3. The molecule has 4 nitrogen and oxygen atoms in total. The Hall–Kier alpha value is -1.60. The van der Waals surface area contributed by atoms with Gasteiger partial charge in [-0.15, -0.1) is 11.8 Å². The Morgan fingerprint density at radius 3 is 2.87 bits per heavy atom. The van der Waals surface area contributed by atoms with E-state index in [-0.39, 0.29) is 12.0 Å². The maximum absolute atomic E-state index is 13.1. The van der Waals surface area contributed by atoms with Crippen molar-refractivity contribution in [1.82, 2.24) is 4.98 Å². The zero-order valence-corrected chi connectivity index (χ0v) is 19.4. The van der Waals surface area contributed by atoms with Gasteiger partial charge >= 0.3 is 0 Å². The van der Waals surface area contributed by atoms with Crippen LogP contribution in [-0.2, 0) is 9.53 Å². The fourth-order valence-corrected chi connectivity index (χ4v) is 5.62. The zero-order valence-electron chi connectivity index (χ0n) is 17.0. The van der Waals surface area contributed by atoms with E-state index >= 15 is 0 Å². The number of para-hydroxylation sites is 1. The number of hydrogen-bond donors (Lipinski definition) is 0. The van der Waals surface area contributed by atoms with Gasteiger partial charge in [0.05, 0.1) is 22.4 Å². The van der Waals surface area contributed by atoms with Gasteiger partial charge in [-0.2, -0.15) is 0 Å². The van der Waals surface area contributed by atoms with Crippen molar-refractivity contribution in [2.24, 2.45) is 0 Å². The first-order valence-corrected chi connectivity index (χ1v) is 12.4. The van der Waals surface area contributed by atoms with E-state index in [0.717, 1.165) is 41.8 Å². The molecule has 0 spiro atoms. The third kappa shape index (κ3) is 5.35. The summed E-state index contributed by atoms with van der Waals surface area (Å²) in [5.74, 6) is 1.01. The third-order valence-electron chi connectivity index (χ3n) is 5.13. The highest BCUT2D eigenvalue weighted by Gasteiger charge is 2.26. The number of fused-ring (bicyclic) bond motifs is 1. The van der Waals surface area contributed by atoms with Gasteiger partial charge in [-0.3, -0.25) is 9.69 Å². The molecule has 2 heterocycles. The third-order valence-corrected chi connectivity index (χ3v) is 7.57. The van der Waals surface area contributed by atoms with Crippen LogP contribution >= 0.6 is 34.7 Å². The van der Waals surface area contributed by atoms with E-state index < -0.39 is 0 Å². The van der Waals surface area contributed by atoms with E-state index in [1.165, 1.54) is 21.8 Å². The molecule has 1 fully saturated rings. The summed E-state index contributed by atoms with van der Waals surface area (Å²) >= 11 is 9.62. The summed E-state index contributed by atoms with van der Waals surface area (Å²) in [5.41, 5.74) is 2.02. The molecule has 158 valence electrons. The predicted octanol–water partition coefficient (Wildman–Crippen LogP) is 6.34. The number of carbonyl (C=O) groups excluding carboxylic acids is 1. The largest absolute Gasteiger partial charge is 0.376 e. The second kappa shape index (κ2) is 10.1. The number of benzene rings is 2. The van der Waals surface area contributed by atoms with Crippen LogP contribution in [-0.4, -0.2) is 35.9 Å². The van der Waals surface area contributed by atoms with Gasteiger partial charge < -0.3 is 4.74 Å². The average Bonchev–Trinajstić information content (AvgIpc) is 3.41. The number of carbonyl (C=O) groups is 1. The number of ether oxygens (including phenoxy) is 1. The maximum atomic E-state index is 13.1. The van der Waals surface area contributed by atoms with Crippen LogP contribution in [0.5, 0.6) is 0 Å². The van der Waals surface area contributed by atoms with E-state index in [4.69, 9.17) is 21.3 Å². The number of anilines is 1. The summed E-state index contributed by atoms with van der Waals surface area (Å²) in [7, 11) is 0. The van der Waals surface area contributed by atoms with Crippen molar-refractivity contribution in [3.8, 4) is 0 Å². The van der Waals surface area contributed by atoms with Gasteiger partial charge in [0.2, 0.25) is 5.91 Å². The molecular formula is C23H25ClN2O2S2. The minimum atomic E-state index is 0.0818. The summed E-state index contributed by atoms with van der Waals surface area (Å²) in [5, 5.41) is 1.33. The van der Waals surface area contributed by atoms with Gasteiger partial charge in [0.25, 0.3) is 0 Å². The Kier molecular flexibility index (Phi) is 7.31. The Morgan fingerprint density at radius 1 is 1.30 bits per heavy atom. The second-order valence-electron chi connectivity index (χ2n) is 7.49. The summed E-state index contributed by atoms with van der Waals surface area (Å²) < 4.78 is 6.80. The Balaban J connectivity index is 1.42. The van der Waals surface area contributed by atoms with Gasteiger partial charge in [-0.25, -0.2) is 4.98 Å². The molecule has 1 aliphatic heterocycles. The normalized spacial score (nSPS) is 16.3. The quantitative estimate of drug-likeness (QED) is 0.290. The monoisotopic (exact) mass is 460 g/mol. The first kappa shape index (κ1) is 21.6. The van der Waals surface area contributed by atoms with Crippen LogP contribution in [0.4, 0.5) is 5.13 Å². The highest BCUT2D eigenvalue weighted by Crippen LogP contribution is 2.34. The minimum Gasteiger partial charge on any atom is -0.376 e. The average molecular weight is 461 g/mol. The molecule has 1 aliphatic rings. The number of hydrogen-bond acceptors (Lipinski definition) is 5. The fraction of sp³-hybridized carbons (Fsp3) is 0.391. The van der Waals surface area contributed by atoms with Crippen LogP contribution < -0.4 is 4.90 Å². The van der Waals surface area contributed by atoms with Crippen LogP contribution in [0.2, 0.25) is 5.02 Å². The topological polar surface area (TPSA) is 42.4 Å². The summed E-state index contributed by atoms with van der Waals surface area (Å²) in [6.45, 7) is 3.41. The zero-order chi connectivity index (χ0) is 20.9. The molecule has 1 amide bonds.